The van der Waals surface area contributed by atoms with Gasteiger partial charge in [0.1, 0.15) is 0 Å². The predicted octanol–water partition coefficient (Wildman–Crippen LogP) is 2.31. The highest BCUT2D eigenvalue weighted by Gasteiger charge is 2.39. The summed E-state index contributed by atoms with van der Waals surface area (Å²) in [7, 11) is 0. The third-order valence-corrected chi connectivity index (χ3v) is 3.31. The number of benzene rings is 1. The number of alkyl halides is 3. The van der Waals surface area contributed by atoms with Gasteiger partial charge in [0.2, 0.25) is 0 Å². The Bertz CT molecular complexity index is 707. The van der Waals surface area contributed by atoms with Crippen molar-refractivity contribution in [2.45, 2.75) is 32.3 Å². The van der Waals surface area contributed by atoms with Gasteiger partial charge in [-0.15, -0.1) is 5.10 Å². The zero-order chi connectivity index (χ0) is 16.5. The monoisotopic (exact) mass is 335 g/mol. The molecule has 0 fully saturated rings. The van der Waals surface area contributed by atoms with Crippen LogP contribution in [-0.4, -0.2) is 31.7 Å². The van der Waals surface area contributed by atoms with Crippen LogP contribution in [0.25, 0.3) is 11.4 Å². The van der Waals surface area contributed by atoms with Gasteiger partial charge in [-0.25, -0.2) is 9.48 Å². The first-order valence-corrected chi connectivity index (χ1v) is 6.80. The standard InChI is InChI=1S/C13H13ClF3N3O2/c1-2-20-12(22)19(7-10(21)13(15,16)17)11(18-20)8-3-5-9(14)6-4-8/h3-6,10,21H,2,7H2,1H3. The molecule has 0 saturated carbocycles. The third-order valence-electron chi connectivity index (χ3n) is 3.06. The summed E-state index contributed by atoms with van der Waals surface area (Å²) in [5.74, 6) is 0.0480. The van der Waals surface area contributed by atoms with E-state index in [1.54, 1.807) is 19.1 Å². The molecule has 120 valence electrons. The van der Waals surface area contributed by atoms with Crippen LogP contribution in [0.1, 0.15) is 6.92 Å². The van der Waals surface area contributed by atoms with Crippen LogP contribution >= 0.6 is 11.6 Å². The zero-order valence-corrected chi connectivity index (χ0v) is 12.3. The molecule has 22 heavy (non-hydrogen) atoms. The maximum atomic E-state index is 12.5. The molecule has 1 N–H and O–H groups in total. The highest BCUT2D eigenvalue weighted by molar-refractivity contribution is 6.30. The summed E-state index contributed by atoms with van der Waals surface area (Å²) in [5.41, 5.74) is -0.279. The topological polar surface area (TPSA) is 60.1 Å². The summed E-state index contributed by atoms with van der Waals surface area (Å²) in [6, 6.07) is 6.16. The van der Waals surface area contributed by atoms with Gasteiger partial charge in [0.25, 0.3) is 0 Å². The minimum absolute atomic E-state index is 0.0480. The second kappa shape index (κ2) is 6.13. The molecular weight excluding hydrogens is 323 g/mol. The molecule has 0 aliphatic heterocycles. The van der Waals surface area contributed by atoms with Gasteiger partial charge in [0.15, 0.2) is 11.9 Å². The average Bonchev–Trinajstić information content (AvgIpc) is 2.76. The van der Waals surface area contributed by atoms with E-state index in [-0.39, 0.29) is 12.4 Å². The summed E-state index contributed by atoms with van der Waals surface area (Å²) >= 11 is 5.76. The molecule has 2 rings (SSSR count). The van der Waals surface area contributed by atoms with Crippen LogP contribution in [0.4, 0.5) is 13.2 Å². The van der Waals surface area contributed by atoms with E-state index < -0.39 is 24.5 Å². The molecule has 1 unspecified atom stereocenters. The Morgan fingerprint density at radius 2 is 1.91 bits per heavy atom. The number of rotatable bonds is 4. The first kappa shape index (κ1) is 16.6. The fourth-order valence-corrected chi connectivity index (χ4v) is 2.03. The number of hydrogen-bond donors (Lipinski definition) is 1. The summed E-state index contributed by atoms with van der Waals surface area (Å²) in [5, 5.41) is 13.7. The summed E-state index contributed by atoms with van der Waals surface area (Å²) in [6.45, 7) is 0.930. The van der Waals surface area contributed by atoms with Gasteiger partial charge in [-0.3, -0.25) is 4.57 Å². The van der Waals surface area contributed by atoms with Crippen LogP contribution in [0.15, 0.2) is 29.1 Å². The average molecular weight is 336 g/mol. The van der Waals surface area contributed by atoms with Crippen LogP contribution in [-0.2, 0) is 13.1 Å². The zero-order valence-electron chi connectivity index (χ0n) is 11.5. The molecule has 0 amide bonds. The van der Waals surface area contributed by atoms with Crippen molar-refractivity contribution in [2.75, 3.05) is 0 Å². The molecule has 0 spiro atoms. The Hall–Kier alpha value is -1.80. The summed E-state index contributed by atoms with van der Waals surface area (Å²) in [4.78, 5) is 12.1. The minimum atomic E-state index is -4.81. The smallest absolute Gasteiger partial charge is 0.382 e. The number of halogens is 4. The van der Waals surface area contributed by atoms with Gasteiger partial charge < -0.3 is 5.11 Å². The maximum absolute atomic E-state index is 12.5. The van der Waals surface area contributed by atoms with Crippen molar-refractivity contribution in [2.24, 2.45) is 0 Å². The van der Waals surface area contributed by atoms with Crippen molar-refractivity contribution in [1.29, 1.82) is 0 Å². The molecule has 0 saturated heterocycles. The van der Waals surface area contributed by atoms with E-state index in [2.05, 4.69) is 5.10 Å². The SMILES string of the molecule is CCn1nc(-c2ccc(Cl)cc2)n(CC(O)C(F)(F)F)c1=O. The second-order valence-corrected chi connectivity index (χ2v) is 5.03. The quantitative estimate of drug-likeness (QED) is 0.932. The lowest BCUT2D eigenvalue weighted by molar-refractivity contribution is -0.207. The van der Waals surface area contributed by atoms with E-state index in [9.17, 15) is 23.1 Å². The number of aromatic nitrogens is 3. The van der Waals surface area contributed by atoms with E-state index in [0.717, 1.165) is 9.25 Å². The lowest BCUT2D eigenvalue weighted by Crippen LogP contribution is -2.37. The summed E-state index contributed by atoms with van der Waals surface area (Å²) in [6.07, 6.45) is -7.46. The normalized spacial score (nSPS) is 13.4. The Labute approximate surface area is 128 Å². The summed E-state index contributed by atoms with van der Waals surface area (Å²) < 4.78 is 39.4. The Balaban J connectivity index is 2.50. The van der Waals surface area contributed by atoms with Crippen molar-refractivity contribution in [3.05, 3.63) is 39.8 Å². The van der Waals surface area contributed by atoms with Crippen molar-refractivity contribution >= 4 is 11.6 Å². The number of aryl methyl sites for hydroxylation is 1. The fraction of sp³-hybridized carbons (Fsp3) is 0.385. The first-order chi connectivity index (χ1) is 10.2. The van der Waals surface area contributed by atoms with Crippen LogP contribution in [0.3, 0.4) is 0 Å². The van der Waals surface area contributed by atoms with Crippen molar-refractivity contribution in [1.82, 2.24) is 14.3 Å². The van der Waals surface area contributed by atoms with Gasteiger partial charge in [-0.2, -0.15) is 13.2 Å². The molecule has 1 aromatic carbocycles. The van der Waals surface area contributed by atoms with E-state index in [4.69, 9.17) is 11.6 Å². The number of aliphatic hydroxyl groups is 1. The maximum Gasteiger partial charge on any atom is 0.416 e. The van der Waals surface area contributed by atoms with Gasteiger partial charge in [0.05, 0.1) is 6.54 Å². The molecule has 2 aromatic rings. The molecule has 1 aromatic heterocycles. The van der Waals surface area contributed by atoms with Crippen molar-refractivity contribution in [3.8, 4) is 11.4 Å². The lowest BCUT2D eigenvalue weighted by Gasteiger charge is -2.15. The van der Waals surface area contributed by atoms with Crippen LogP contribution in [0.5, 0.6) is 0 Å². The molecule has 1 atom stereocenters. The van der Waals surface area contributed by atoms with Crippen LogP contribution in [0.2, 0.25) is 5.02 Å². The Kier molecular flexibility index (Phi) is 4.62. The molecule has 0 aliphatic carbocycles. The Morgan fingerprint density at radius 1 is 1.32 bits per heavy atom. The highest BCUT2D eigenvalue weighted by atomic mass is 35.5. The predicted molar refractivity (Wildman–Crippen MR) is 74.7 cm³/mol. The molecule has 0 aliphatic rings. The fourth-order valence-electron chi connectivity index (χ4n) is 1.90. The van der Waals surface area contributed by atoms with Crippen LogP contribution < -0.4 is 5.69 Å². The minimum Gasteiger partial charge on any atom is -0.382 e. The molecule has 0 bridgehead atoms. The molecular formula is C13H13ClF3N3O2. The van der Waals surface area contributed by atoms with Crippen molar-refractivity contribution in [3.63, 3.8) is 0 Å². The highest BCUT2D eigenvalue weighted by Crippen LogP contribution is 2.23. The number of hydrogen-bond acceptors (Lipinski definition) is 3. The van der Waals surface area contributed by atoms with Crippen LogP contribution in [0, 0.1) is 0 Å². The lowest BCUT2D eigenvalue weighted by atomic mass is 10.2. The molecule has 1 heterocycles. The third kappa shape index (κ3) is 3.33. The number of nitrogens with zero attached hydrogens (tertiary/aromatic N) is 3. The molecule has 5 nitrogen and oxygen atoms in total. The Morgan fingerprint density at radius 3 is 2.41 bits per heavy atom. The van der Waals surface area contributed by atoms with E-state index in [1.807, 2.05) is 0 Å². The largest absolute Gasteiger partial charge is 0.416 e. The molecule has 9 heteroatoms. The van der Waals surface area contributed by atoms with E-state index >= 15 is 0 Å². The van der Waals surface area contributed by atoms with E-state index in [1.165, 1.54) is 12.1 Å². The van der Waals surface area contributed by atoms with Crippen molar-refractivity contribution < 1.29 is 18.3 Å². The van der Waals surface area contributed by atoms with Gasteiger partial charge in [-0.05, 0) is 31.2 Å². The van der Waals surface area contributed by atoms with Gasteiger partial charge in [-0.1, -0.05) is 11.6 Å². The number of aliphatic hydroxyl groups excluding tert-OH is 1. The van der Waals surface area contributed by atoms with E-state index in [0.29, 0.717) is 10.6 Å². The first-order valence-electron chi connectivity index (χ1n) is 6.42. The van der Waals surface area contributed by atoms with Gasteiger partial charge >= 0.3 is 11.9 Å². The molecule has 0 radical (unpaired) electrons. The second-order valence-electron chi connectivity index (χ2n) is 4.60. The van der Waals surface area contributed by atoms with Gasteiger partial charge in [0, 0.05) is 17.1 Å².